The molecule has 2 aliphatic heterocycles. The smallest absolute Gasteiger partial charge is 0.293 e. The number of allylic oxidation sites excluding steroid dienone is 1. The van der Waals surface area contributed by atoms with Crippen LogP contribution in [0.4, 0.5) is 11.4 Å². The molecule has 2 saturated heterocycles. The minimum atomic E-state index is -4.54. The third-order valence-corrected chi connectivity index (χ3v) is 14.2. The van der Waals surface area contributed by atoms with Gasteiger partial charge in [0, 0.05) is 54.2 Å². The maximum absolute atomic E-state index is 13.9. The summed E-state index contributed by atoms with van der Waals surface area (Å²) in [5.74, 6) is -0.145. The average molecular weight is 833 g/mol. The Hall–Kier alpha value is -5.61. The number of aromatic amines is 1. The van der Waals surface area contributed by atoms with Gasteiger partial charge in [-0.25, -0.2) is 18.1 Å². The molecule has 13 nitrogen and oxygen atoms in total. The molecular weight excluding hydrogens is 789 g/mol. The van der Waals surface area contributed by atoms with E-state index in [0.29, 0.717) is 43.2 Å². The zero-order valence-corrected chi connectivity index (χ0v) is 33.9. The second-order valence-corrected chi connectivity index (χ2v) is 18.0. The molecule has 2 fully saturated rings. The van der Waals surface area contributed by atoms with Crippen molar-refractivity contribution < 1.29 is 27.6 Å². The number of ether oxygens (including phenoxy) is 2. The van der Waals surface area contributed by atoms with Gasteiger partial charge in [-0.3, -0.25) is 19.8 Å². The van der Waals surface area contributed by atoms with Gasteiger partial charge in [-0.05, 0) is 127 Å². The number of carbonyl (C=O) groups is 1. The molecule has 2 atom stereocenters. The molecule has 3 aromatic heterocycles. The predicted octanol–water partition coefficient (Wildman–Crippen LogP) is 9.21. The standard InChI is InChI=1S/C44H44N6O7S2/c51-44(48-59(54,55)34-12-14-38(40(24-34)50(52)53)46-25-28-16-20-56-21-17-28)36-13-9-30(23-41(36)57-33-22-31-15-18-45-43(31)47-26-33)29-7-10-32(11-8-29)49-19-3-5-39(49)37-27-58-42-6-2-1-4-35(37)42/h1-2,4,6-7,9,12-15,18,22-24,26-28,32,39,46H,3,5,8,10-11,16-17,19-21,25H2,(H,45,47)(H,48,51). The maximum atomic E-state index is 13.9. The number of nitro groups is 1. The summed E-state index contributed by atoms with van der Waals surface area (Å²) in [4.78, 5) is 35.1. The first-order chi connectivity index (χ1) is 28.7. The quantitative estimate of drug-likeness (QED) is 0.0799. The van der Waals surface area contributed by atoms with Crippen molar-refractivity contribution in [2.75, 3.05) is 31.6 Å². The number of hydrogen-bond donors (Lipinski definition) is 3. The van der Waals surface area contributed by atoms with Gasteiger partial charge >= 0.3 is 0 Å². The van der Waals surface area contributed by atoms with E-state index in [2.05, 4.69) is 60.6 Å². The monoisotopic (exact) mass is 832 g/mol. The van der Waals surface area contributed by atoms with Crippen molar-refractivity contribution in [3.05, 3.63) is 123 Å². The minimum Gasteiger partial charge on any atom is -0.455 e. The summed E-state index contributed by atoms with van der Waals surface area (Å²) >= 11 is 1.81. The van der Waals surface area contributed by atoms with E-state index in [9.17, 15) is 23.3 Å². The normalized spacial score (nSPS) is 19.2. The highest BCUT2D eigenvalue weighted by Gasteiger charge is 2.34. The van der Waals surface area contributed by atoms with E-state index in [1.54, 1.807) is 24.4 Å². The molecule has 15 heteroatoms. The van der Waals surface area contributed by atoms with Gasteiger partial charge in [-0.1, -0.05) is 30.3 Å². The molecule has 59 heavy (non-hydrogen) atoms. The number of H-pyrrole nitrogens is 1. The van der Waals surface area contributed by atoms with E-state index in [-0.39, 0.29) is 22.9 Å². The molecule has 6 aromatic rings. The summed E-state index contributed by atoms with van der Waals surface area (Å²) in [5, 5.41) is 19.7. The Morgan fingerprint density at radius 1 is 1.05 bits per heavy atom. The van der Waals surface area contributed by atoms with E-state index in [4.69, 9.17) is 9.47 Å². The third-order valence-electron chi connectivity index (χ3n) is 11.8. The molecule has 2 unspecified atom stereocenters. The summed E-state index contributed by atoms with van der Waals surface area (Å²) in [6, 6.07) is 21.8. The van der Waals surface area contributed by atoms with E-state index in [1.165, 1.54) is 40.4 Å². The van der Waals surface area contributed by atoms with Gasteiger partial charge in [0.05, 0.1) is 21.6 Å². The number of amides is 1. The summed E-state index contributed by atoms with van der Waals surface area (Å²) in [7, 11) is -4.54. The van der Waals surface area contributed by atoms with E-state index in [1.807, 2.05) is 23.5 Å². The second-order valence-electron chi connectivity index (χ2n) is 15.4. The van der Waals surface area contributed by atoms with Crippen LogP contribution in [0.15, 0.2) is 102 Å². The number of rotatable bonds is 12. The lowest BCUT2D eigenvalue weighted by atomic mass is 9.88. The molecule has 0 saturated carbocycles. The Morgan fingerprint density at radius 2 is 1.92 bits per heavy atom. The van der Waals surface area contributed by atoms with Crippen LogP contribution in [0.25, 0.3) is 26.7 Å². The van der Waals surface area contributed by atoms with Crippen LogP contribution in [-0.4, -0.2) is 66.5 Å². The lowest BCUT2D eigenvalue weighted by Crippen LogP contribution is -2.35. The van der Waals surface area contributed by atoms with Crippen molar-refractivity contribution in [3.8, 4) is 11.5 Å². The van der Waals surface area contributed by atoms with Gasteiger partial charge in [0.25, 0.3) is 21.6 Å². The number of fused-ring (bicyclic) bond motifs is 2. The topological polar surface area (TPSA) is 169 Å². The number of carbonyl (C=O) groups excluding carboxylic acids is 1. The highest BCUT2D eigenvalue weighted by atomic mass is 32.2. The number of nitro benzene ring substituents is 1. The lowest BCUT2D eigenvalue weighted by Gasteiger charge is -2.35. The Balaban J connectivity index is 0.958. The summed E-state index contributed by atoms with van der Waals surface area (Å²) in [5.41, 5.74) is 3.86. The van der Waals surface area contributed by atoms with Crippen LogP contribution in [0.5, 0.6) is 11.5 Å². The van der Waals surface area contributed by atoms with E-state index >= 15 is 0 Å². The van der Waals surface area contributed by atoms with Crippen LogP contribution in [0.2, 0.25) is 0 Å². The van der Waals surface area contributed by atoms with Crippen molar-refractivity contribution in [1.29, 1.82) is 0 Å². The number of benzene rings is 3. The van der Waals surface area contributed by atoms with Crippen molar-refractivity contribution in [2.45, 2.75) is 61.9 Å². The van der Waals surface area contributed by atoms with E-state index < -0.39 is 31.4 Å². The van der Waals surface area contributed by atoms with Crippen LogP contribution in [-0.2, 0) is 14.8 Å². The van der Waals surface area contributed by atoms with Crippen molar-refractivity contribution >= 4 is 65.3 Å². The molecule has 1 amide bonds. The molecule has 0 radical (unpaired) electrons. The molecule has 1 aliphatic carbocycles. The van der Waals surface area contributed by atoms with Crippen LogP contribution in [0.1, 0.15) is 72.5 Å². The Labute approximate surface area is 345 Å². The van der Waals surface area contributed by atoms with Gasteiger partial charge in [-0.2, -0.15) is 0 Å². The molecule has 0 spiro atoms. The third kappa shape index (κ3) is 8.20. The zero-order chi connectivity index (χ0) is 40.5. The number of pyridine rings is 1. The highest BCUT2D eigenvalue weighted by Crippen LogP contribution is 2.43. The first kappa shape index (κ1) is 38.9. The van der Waals surface area contributed by atoms with Gasteiger partial charge in [-0.15, -0.1) is 11.3 Å². The van der Waals surface area contributed by atoms with Crippen molar-refractivity contribution in [2.24, 2.45) is 5.92 Å². The number of thiophene rings is 1. The molecule has 3 aromatic carbocycles. The molecule has 3 aliphatic rings. The molecular formula is C44H44N6O7S2. The summed E-state index contributed by atoms with van der Waals surface area (Å²) in [6.07, 6.45) is 12.2. The predicted molar refractivity (Wildman–Crippen MR) is 229 cm³/mol. The number of likely N-dealkylation sites (tertiary alicyclic amines) is 1. The van der Waals surface area contributed by atoms with Crippen LogP contribution < -0.4 is 14.8 Å². The number of sulfonamides is 1. The molecule has 9 rings (SSSR count). The van der Waals surface area contributed by atoms with Crippen LogP contribution in [0, 0.1) is 16.0 Å². The second kappa shape index (κ2) is 16.6. The molecule has 3 N–H and O–H groups in total. The number of nitrogens with one attached hydrogen (secondary N) is 3. The number of aromatic nitrogens is 2. The van der Waals surface area contributed by atoms with E-state index in [0.717, 1.165) is 67.7 Å². The van der Waals surface area contributed by atoms with Gasteiger partial charge in [0.2, 0.25) is 0 Å². The van der Waals surface area contributed by atoms with Gasteiger partial charge < -0.3 is 19.8 Å². The van der Waals surface area contributed by atoms with Gasteiger partial charge in [0.1, 0.15) is 22.8 Å². The number of anilines is 1. The molecule has 304 valence electrons. The van der Waals surface area contributed by atoms with Crippen LogP contribution >= 0.6 is 11.3 Å². The molecule has 0 bridgehead atoms. The fourth-order valence-corrected chi connectivity index (χ4v) is 10.7. The maximum Gasteiger partial charge on any atom is 0.293 e. The average Bonchev–Trinajstić information content (AvgIpc) is 4.03. The number of nitrogens with zero attached hydrogens (tertiary/aromatic N) is 3. The van der Waals surface area contributed by atoms with Crippen molar-refractivity contribution in [3.63, 3.8) is 0 Å². The lowest BCUT2D eigenvalue weighted by molar-refractivity contribution is -0.384. The fraction of sp³-hybridized carbons (Fsp3) is 0.318. The Morgan fingerprint density at radius 3 is 2.75 bits per heavy atom. The largest absolute Gasteiger partial charge is 0.455 e. The first-order valence-corrected chi connectivity index (χ1v) is 22.4. The first-order valence-electron chi connectivity index (χ1n) is 20.0. The zero-order valence-electron chi connectivity index (χ0n) is 32.3. The summed E-state index contributed by atoms with van der Waals surface area (Å²) < 4.78 is 42.5. The minimum absolute atomic E-state index is 0.0204. The number of hydrogen-bond acceptors (Lipinski definition) is 11. The highest BCUT2D eigenvalue weighted by molar-refractivity contribution is 7.90. The van der Waals surface area contributed by atoms with Crippen LogP contribution in [0.3, 0.4) is 0 Å². The SMILES string of the molecule is O=C(NS(=O)(=O)c1ccc(NCC2CCOCC2)c([N+](=O)[O-])c1)c1ccc(C2=CCC(N3CCCC3c3csc4ccccc34)CC2)cc1Oc1cnc2[nH]ccc2c1. The Kier molecular flexibility index (Phi) is 10.9. The molecule has 5 heterocycles. The summed E-state index contributed by atoms with van der Waals surface area (Å²) in [6.45, 7) is 2.82. The fourth-order valence-electron chi connectivity index (χ4n) is 8.72. The Bertz CT molecular complexity index is 2690. The van der Waals surface area contributed by atoms with Gasteiger partial charge in [0.15, 0.2) is 0 Å². The van der Waals surface area contributed by atoms with Crippen molar-refractivity contribution in [1.82, 2.24) is 19.6 Å².